The monoisotopic (exact) mass is 279 g/mol. The van der Waals surface area contributed by atoms with Crippen molar-refractivity contribution in [3.63, 3.8) is 0 Å². The fourth-order valence-electron chi connectivity index (χ4n) is 1.84. The maximum absolute atomic E-state index is 5.62. The molecule has 1 heterocycles. The van der Waals surface area contributed by atoms with Gasteiger partial charge in [0.1, 0.15) is 5.75 Å². The quantitative estimate of drug-likeness (QED) is 0.841. The Kier molecular flexibility index (Phi) is 3.87. The van der Waals surface area contributed by atoms with E-state index in [1.807, 2.05) is 19.1 Å². The second-order valence-corrected chi connectivity index (χ2v) is 4.60. The van der Waals surface area contributed by atoms with Crippen molar-refractivity contribution in [3.8, 4) is 17.6 Å². The third kappa shape index (κ3) is 2.58. The van der Waals surface area contributed by atoms with E-state index >= 15 is 0 Å². The molecule has 0 saturated carbocycles. The molecule has 0 aliphatic carbocycles. The SMILES string of the molecule is CC#CCNC1CCOc2ccc(Br)cc21. The van der Waals surface area contributed by atoms with Crippen LogP contribution < -0.4 is 10.1 Å². The minimum absolute atomic E-state index is 0.349. The molecule has 1 atom stereocenters. The van der Waals surface area contributed by atoms with Gasteiger partial charge in [-0.15, -0.1) is 5.92 Å². The number of hydrogen-bond acceptors (Lipinski definition) is 2. The van der Waals surface area contributed by atoms with E-state index < -0.39 is 0 Å². The van der Waals surface area contributed by atoms with Crippen molar-refractivity contribution in [2.24, 2.45) is 0 Å². The molecule has 1 aromatic rings. The van der Waals surface area contributed by atoms with E-state index in [1.165, 1.54) is 5.56 Å². The van der Waals surface area contributed by atoms with Crippen molar-refractivity contribution >= 4 is 15.9 Å². The summed E-state index contributed by atoms with van der Waals surface area (Å²) >= 11 is 3.49. The molecule has 0 bridgehead atoms. The summed E-state index contributed by atoms with van der Waals surface area (Å²) in [5.41, 5.74) is 1.22. The fourth-order valence-corrected chi connectivity index (χ4v) is 2.22. The first-order valence-corrected chi connectivity index (χ1v) is 6.16. The predicted octanol–water partition coefficient (Wildman–Crippen LogP) is 2.89. The smallest absolute Gasteiger partial charge is 0.124 e. The standard InChI is InChI=1S/C13H14BrNO/c1-2-3-7-15-12-6-8-16-13-5-4-10(14)9-11(12)13/h4-5,9,12,15H,6-8H2,1H3. The largest absolute Gasteiger partial charge is 0.493 e. The highest BCUT2D eigenvalue weighted by Gasteiger charge is 2.20. The second kappa shape index (κ2) is 5.38. The molecule has 1 aliphatic rings. The van der Waals surface area contributed by atoms with Gasteiger partial charge >= 0.3 is 0 Å². The van der Waals surface area contributed by atoms with Crippen molar-refractivity contribution in [3.05, 3.63) is 28.2 Å². The molecule has 0 amide bonds. The molecule has 2 rings (SSSR count). The first-order valence-electron chi connectivity index (χ1n) is 5.36. The first-order chi connectivity index (χ1) is 7.81. The van der Waals surface area contributed by atoms with Crippen LogP contribution in [0.5, 0.6) is 5.75 Å². The van der Waals surface area contributed by atoms with Crippen LogP contribution in [0.25, 0.3) is 0 Å². The summed E-state index contributed by atoms with van der Waals surface area (Å²) in [5, 5.41) is 3.43. The number of fused-ring (bicyclic) bond motifs is 1. The van der Waals surface area contributed by atoms with Gasteiger partial charge in [0.2, 0.25) is 0 Å². The van der Waals surface area contributed by atoms with Crippen LogP contribution in [0.15, 0.2) is 22.7 Å². The number of halogens is 1. The van der Waals surface area contributed by atoms with Crippen molar-refractivity contribution in [1.82, 2.24) is 5.32 Å². The molecule has 1 N–H and O–H groups in total. The Morgan fingerprint density at radius 1 is 1.56 bits per heavy atom. The Labute approximate surface area is 105 Å². The number of rotatable bonds is 2. The van der Waals surface area contributed by atoms with Crippen molar-refractivity contribution in [1.29, 1.82) is 0 Å². The van der Waals surface area contributed by atoms with Crippen LogP contribution in [0.1, 0.15) is 24.9 Å². The second-order valence-electron chi connectivity index (χ2n) is 3.68. The van der Waals surface area contributed by atoms with Gasteiger partial charge in [-0.3, -0.25) is 5.32 Å². The summed E-state index contributed by atoms with van der Waals surface area (Å²) in [5.74, 6) is 6.90. The van der Waals surface area contributed by atoms with Crippen LogP contribution in [-0.2, 0) is 0 Å². The van der Waals surface area contributed by atoms with Crippen LogP contribution in [-0.4, -0.2) is 13.2 Å². The van der Waals surface area contributed by atoms with Gasteiger partial charge in [-0.1, -0.05) is 21.9 Å². The van der Waals surface area contributed by atoms with Crippen molar-refractivity contribution < 1.29 is 4.74 Å². The molecule has 0 fully saturated rings. The third-order valence-electron chi connectivity index (χ3n) is 2.62. The van der Waals surface area contributed by atoms with Crippen LogP contribution in [0, 0.1) is 11.8 Å². The van der Waals surface area contributed by atoms with Gasteiger partial charge in [0, 0.05) is 22.5 Å². The predicted molar refractivity (Wildman–Crippen MR) is 68.4 cm³/mol. The lowest BCUT2D eigenvalue weighted by Crippen LogP contribution is -2.27. The van der Waals surface area contributed by atoms with E-state index in [0.29, 0.717) is 6.04 Å². The molecule has 2 nitrogen and oxygen atoms in total. The fraction of sp³-hybridized carbons (Fsp3) is 0.385. The van der Waals surface area contributed by atoms with E-state index in [-0.39, 0.29) is 0 Å². The molecule has 0 saturated heterocycles. The Morgan fingerprint density at radius 2 is 2.44 bits per heavy atom. The lowest BCUT2D eigenvalue weighted by Gasteiger charge is -2.26. The Hall–Kier alpha value is -0.980. The zero-order chi connectivity index (χ0) is 11.4. The van der Waals surface area contributed by atoms with E-state index in [4.69, 9.17) is 4.74 Å². The Morgan fingerprint density at radius 3 is 3.25 bits per heavy atom. The highest BCUT2D eigenvalue weighted by Crippen LogP contribution is 2.33. The van der Waals surface area contributed by atoms with E-state index in [2.05, 4.69) is 39.2 Å². The number of nitrogens with one attached hydrogen (secondary N) is 1. The lowest BCUT2D eigenvalue weighted by atomic mass is 10.0. The molecule has 1 unspecified atom stereocenters. The van der Waals surface area contributed by atoms with Crippen molar-refractivity contribution in [2.45, 2.75) is 19.4 Å². The third-order valence-corrected chi connectivity index (χ3v) is 3.12. The normalized spacial score (nSPS) is 18.0. The Balaban J connectivity index is 2.17. The minimum Gasteiger partial charge on any atom is -0.493 e. The molecule has 1 aliphatic heterocycles. The molecule has 3 heteroatoms. The van der Waals surface area contributed by atoms with Gasteiger partial charge in [0.15, 0.2) is 0 Å². The Bertz CT molecular complexity index is 433. The number of hydrogen-bond donors (Lipinski definition) is 1. The van der Waals surface area contributed by atoms with Gasteiger partial charge in [-0.2, -0.15) is 0 Å². The van der Waals surface area contributed by atoms with Crippen LogP contribution in [0.4, 0.5) is 0 Å². The van der Waals surface area contributed by atoms with Gasteiger partial charge in [-0.25, -0.2) is 0 Å². The molecule has 16 heavy (non-hydrogen) atoms. The summed E-state index contributed by atoms with van der Waals surface area (Å²) < 4.78 is 6.71. The zero-order valence-corrected chi connectivity index (χ0v) is 10.8. The number of ether oxygens (including phenoxy) is 1. The van der Waals surface area contributed by atoms with Crippen LogP contribution >= 0.6 is 15.9 Å². The van der Waals surface area contributed by atoms with Crippen LogP contribution in [0.3, 0.4) is 0 Å². The maximum Gasteiger partial charge on any atom is 0.124 e. The van der Waals surface area contributed by atoms with Crippen molar-refractivity contribution in [2.75, 3.05) is 13.2 Å². The van der Waals surface area contributed by atoms with E-state index in [1.54, 1.807) is 0 Å². The van der Waals surface area contributed by atoms with Gasteiger partial charge < -0.3 is 4.74 Å². The molecule has 1 aromatic carbocycles. The molecule has 0 aromatic heterocycles. The average molecular weight is 280 g/mol. The topological polar surface area (TPSA) is 21.3 Å². The van der Waals surface area contributed by atoms with Gasteiger partial charge in [0.25, 0.3) is 0 Å². The summed E-state index contributed by atoms with van der Waals surface area (Å²) in [4.78, 5) is 0. The van der Waals surface area contributed by atoms with Gasteiger partial charge in [-0.05, 0) is 25.1 Å². The molecular weight excluding hydrogens is 266 g/mol. The minimum atomic E-state index is 0.349. The van der Waals surface area contributed by atoms with E-state index in [0.717, 1.165) is 29.8 Å². The highest BCUT2D eigenvalue weighted by atomic mass is 79.9. The molecular formula is C13H14BrNO. The molecule has 0 spiro atoms. The zero-order valence-electron chi connectivity index (χ0n) is 9.22. The maximum atomic E-state index is 5.62. The highest BCUT2D eigenvalue weighted by molar-refractivity contribution is 9.10. The van der Waals surface area contributed by atoms with Gasteiger partial charge in [0.05, 0.1) is 13.2 Å². The molecule has 0 radical (unpaired) electrons. The first kappa shape index (κ1) is 11.5. The summed E-state index contributed by atoms with van der Waals surface area (Å²) in [7, 11) is 0. The summed E-state index contributed by atoms with van der Waals surface area (Å²) in [6, 6.07) is 6.49. The molecule has 84 valence electrons. The van der Waals surface area contributed by atoms with E-state index in [9.17, 15) is 0 Å². The average Bonchev–Trinajstić information content (AvgIpc) is 2.30. The summed E-state index contributed by atoms with van der Waals surface area (Å²) in [6.07, 6.45) is 0.995. The number of benzene rings is 1. The summed E-state index contributed by atoms with van der Waals surface area (Å²) in [6.45, 7) is 3.36. The lowest BCUT2D eigenvalue weighted by molar-refractivity contribution is 0.255. The van der Waals surface area contributed by atoms with Crippen LogP contribution in [0.2, 0.25) is 0 Å².